The van der Waals surface area contributed by atoms with E-state index in [0.717, 1.165) is 18.4 Å². The van der Waals surface area contributed by atoms with Gasteiger partial charge < -0.3 is 4.65 Å². The fourth-order valence-corrected chi connectivity index (χ4v) is 3.59. The van der Waals surface area contributed by atoms with Gasteiger partial charge in [0.1, 0.15) is 0 Å². The molecule has 1 saturated carbocycles. The van der Waals surface area contributed by atoms with Gasteiger partial charge in [0.05, 0.1) is 0 Å². The summed E-state index contributed by atoms with van der Waals surface area (Å²) < 4.78 is 6.07. The van der Waals surface area contributed by atoms with E-state index in [0.29, 0.717) is 6.92 Å². The third-order valence-electron chi connectivity index (χ3n) is 4.44. The van der Waals surface area contributed by atoms with Crippen molar-refractivity contribution in [3.05, 3.63) is 0 Å². The largest absolute Gasteiger partial charge is 0.436 e. The molecule has 1 nitrogen and oxygen atoms in total. The van der Waals surface area contributed by atoms with Crippen LogP contribution in [0.1, 0.15) is 58.3 Å². The fraction of sp³-hybridized carbons (Fsp3) is 1.00. The quantitative estimate of drug-likeness (QED) is 0.478. The molecule has 0 aromatic carbocycles. The van der Waals surface area contributed by atoms with Crippen molar-refractivity contribution in [3.63, 3.8) is 0 Å². The Balaban J connectivity index is 1.59. The van der Waals surface area contributed by atoms with Crippen molar-refractivity contribution in [3.8, 4) is 0 Å². The Morgan fingerprint density at radius 2 is 1.81 bits per heavy atom. The molecule has 2 unspecified atom stereocenters. The van der Waals surface area contributed by atoms with Crippen LogP contribution < -0.4 is 0 Å². The molecule has 1 aliphatic heterocycles. The average molecular weight is 222 g/mol. The molecule has 1 saturated heterocycles. The van der Waals surface area contributed by atoms with Gasteiger partial charge in [-0.3, -0.25) is 0 Å². The van der Waals surface area contributed by atoms with Crippen molar-refractivity contribution >= 4 is 6.92 Å². The molecular weight excluding hydrogens is 195 g/mol. The molecule has 0 radical (unpaired) electrons. The van der Waals surface area contributed by atoms with E-state index in [4.69, 9.17) is 4.65 Å². The predicted octanol–water partition coefficient (Wildman–Crippen LogP) is 4.39. The molecule has 0 aromatic rings. The Labute approximate surface area is 101 Å². The van der Waals surface area contributed by atoms with E-state index >= 15 is 0 Å². The maximum absolute atomic E-state index is 6.07. The molecule has 0 amide bonds. The molecular formula is C14H27BO. The summed E-state index contributed by atoms with van der Waals surface area (Å²) in [7, 11) is 0. The Bertz CT molecular complexity index is 183. The first-order valence-electron chi connectivity index (χ1n) is 7.50. The lowest BCUT2D eigenvalue weighted by molar-refractivity contribution is 0.234. The van der Waals surface area contributed by atoms with Gasteiger partial charge in [0.2, 0.25) is 0 Å². The summed E-state index contributed by atoms with van der Waals surface area (Å²) in [5.74, 6) is 2.02. The molecule has 2 atom stereocenters. The summed E-state index contributed by atoms with van der Waals surface area (Å²) >= 11 is 0. The van der Waals surface area contributed by atoms with Crippen LogP contribution in [-0.4, -0.2) is 13.5 Å². The van der Waals surface area contributed by atoms with Crippen molar-refractivity contribution in [2.75, 3.05) is 6.61 Å². The van der Waals surface area contributed by atoms with E-state index in [1.807, 2.05) is 0 Å². The van der Waals surface area contributed by atoms with Gasteiger partial charge in [-0.25, -0.2) is 0 Å². The third-order valence-corrected chi connectivity index (χ3v) is 4.44. The zero-order valence-corrected chi connectivity index (χ0v) is 10.9. The van der Waals surface area contributed by atoms with Crippen LogP contribution in [0.15, 0.2) is 0 Å². The van der Waals surface area contributed by atoms with Crippen molar-refractivity contribution in [1.29, 1.82) is 0 Å². The maximum Gasteiger partial charge on any atom is 0.293 e. The van der Waals surface area contributed by atoms with Crippen LogP contribution in [0.4, 0.5) is 0 Å². The van der Waals surface area contributed by atoms with Gasteiger partial charge >= 0.3 is 0 Å². The van der Waals surface area contributed by atoms with Crippen LogP contribution in [0, 0.1) is 11.8 Å². The second-order valence-electron chi connectivity index (χ2n) is 5.92. The van der Waals surface area contributed by atoms with Gasteiger partial charge in [0.25, 0.3) is 6.92 Å². The molecule has 0 aromatic heterocycles. The summed E-state index contributed by atoms with van der Waals surface area (Å²) in [6.07, 6.45) is 14.0. The lowest BCUT2D eigenvalue weighted by Crippen LogP contribution is -2.34. The topological polar surface area (TPSA) is 9.23 Å². The Morgan fingerprint density at radius 1 is 1.06 bits per heavy atom. The van der Waals surface area contributed by atoms with Crippen LogP contribution in [0.2, 0.25) is 12.6 Å². The van der Waals surface area contributed by atoms with Crippen LogP contribution >= 0.6 is 0 Å². The average Bonchev–Trinajstić information content (AvgIpc) is 2.28. The van der Waals surface area contributed by atoms with E-state index < -0.39 is 0 Å². The first-order valence-corrected chi connectivity index (χ1v) is 7.50. The summed E-state index contributed by atoms with van der Waals surface area (Å²) in [6, 6.07) is 0. The number of rotatable bonds is 6. The minimum atomic E-state index is 0.616. The molecule has 0 spiro atoms. The lowest BCUT2D eigenvalue weighted by Gasteiger charge is -2.37. The molecule has 2 heteroatoms. The zero-order valence-electron chi connectivity index (χ0n) is 10.9. The first kappa shape index (κ1) is 12.5. The molecule has 2 rings (SSSR count). The minimum absolute atomic E-state index is 0.616. The van der Waals surface area contributed by atoms with Crippen LogP contribution in [0.3, 0.4) is 0 Å². The number of hydrogen-bond donors (Lipinski definition) is 0. The summed E-state index contributed by atoms with van der Waals surface area (Å²) in [5.41, 5.74) is 0. The Kier molecular flexibility index (Phi) is 5.22. The monoisotopic (exact) mass is 222 g/mol. The van der Waals surface area contributed by atoms with Crippen LogP contribution in [0.5, 0.6) is 0 Å². The van der Waals surface area contributed by atoms with Crippen molar-refractivity contribution in [1.82, 2.24) is 0 Å². The fourth-order valence-electron chi connectivity index (χ4n) is 3.59. The van der Waals surface area contributed by atoms with E-state index in [1.54, 1.807) is 0 Å². The second kappa shape index (κ2) is 6.69. The number of hydrogen-bond acceptors (Lipinski definition) is 1. The smallest absolute Gasteiger partial charge is 0.293 e. The lowest BCUT2D eigenvalue weighted by atomic mass is 9.47. The summed E-state index contributed by atoms with van der Waals surface area (Å²) in [4.78, 5) is 0. The highest BCUT2D eigenvalue weighted by molar-refractivity contribution is 6.52. The second-order valence-corrected chi connectivity index (χ2v) is 5.92. The predicted molar refractivity (Wildman–Crippen MR) is 70.9 cm³/mol. The highest BCUT2D eigenvalue weighted by Crippen LogP contribution is 2.40. The Hall–Kier alpha value is 0.0249. The SMILES string of the molecule is CCCCCCOB1CC2CCCC(C1)C2. The van der Waals surface area contributed by atoms with Crippen LogP contribution in [0.25, 0.3) is 0 Å². The molecule has 1 heterocycles. The summed E-state index contributed by atoms with van der Waals surface area (Å²) in [5, 5.41) is 0. The van der Waals surface area contributed by atoms with Gasteiger partial charge in [-0.15, -0.1) is 0 Å². The van der Waals surface area contributed by atoms with Crippen molar-refractivity contribution in [2.45, 2.75) is 70.9 Å². The van der Waals surface area contributed by atoms with E-state index in [1.165, 1.54) is 64.0 Å². The van der Waals surface area contributed by atoms with E-state index in [9.17, 15) is 0 Å². The standard InChI is InChI=1S/C14H27BO/c1-2-3-4-5-9-16-15-11-13-7-6-8-14(10-13)12-15/h13-14H,2-12H2,1H3. The molecule has 16 heavy (non-hydrogen) atoms. The zero-order chi connectivity index (χ0) is 11.2. The summed E-state index contributed by atoms with van der Waals surface area (Å²) in [6.45, 7) is 3.90. The van der Waals surface area contributed by atoms with Gasteiger partial charge in [0.15, 0.2) is 0 Å². The van der Waals surface area contributed by atoms with Gasteiger partial charge in [-0.2, -0.15) is 0 Å². The van der Waals surface area contributed by atoms with Crippen molar-refractivity contribution < 1.29 is 4.65 Å². The van der Waals surface area contributed by atoms with Gasteiger partial charge in [0, 0.05) is 6.61 Å². The highest BCUT2D eigenvalue weighted by atomic mass is 16.4. The first-order chi connectivity index (χ1) is 7.88. The van der Waals surface area contributed by atoms with Crippen LogP contribution in [-0.2, 0) is 4.65 Å². The highest BCUT2D eigenvalue weighted by Gasteiger charge is 2.34. The molecule has 2 bridgehead atoms. The Morgan fingerprint density at radius 3 is 2.50 bits per heavy atom. The van der Waals surface area contributed by atoms with Crippen molar-refractivity contribution in [2.24, 2.45) is 11.8 Å². The third kappa shape index (κ3) is 3.80. The van der Waals surface area contributed by atoms with Gasteiger partial charge in [-0.05, 0) is 37.3 Å². The number of unbranched alkanes of at least 4 members (excludes halogenated alkanes) is 3. The molecule has 2 fully saturated rings. The normalized spacial score (nSPS) is 29.4. The minimum Gasteiger partial charge on any atom is -0.436 e. The van der Waals surface area contributed by atoms with E-state index in [2.05, 4.69) is 6.92 Å². The molecule has 92 valence electrons. The van der Waals surface area contributed by atoms with E-state index in [-0.39, 0.29) is 0 Å². The molecule has 1 aliphatic carbocycles. The molecule has 2 aliphatic rings. The maximum atomic E-state index is 6.07. The number of fused-ring (bicyclic) bond motifs is 2. The molecule has 0 N–H and O–H groups in total. The van der Waals surface area contributed by atoms with Gasteiger partial charge in [-0.1, -0.05) is 45.4 Å².